The fourth-order valence-corrected chi connectivity index (χ4v) is 8.17. The fraction of sp³-hybridized carbons (Fsp3) is 0.961. The van der Waals surface area contributed by atoms with Crippen LogP contribution >= 0.6 is 0 Å². The molecule has 0 rings (SSSR count). The van der Waals surface area contributed by atoms with E-state index < -0.39 is 12.1 Å². The highest BCUT2D eigenvalue weighted by Gasteiger charge is 2.20. The molecule has 1 amide bonds. The molecule has 3 N–H and O–H groups in total. The minimum Gasteiger partial charge on any atom is -0.466 e. The second-order valence-electron chi connectivity index (χ2n) is 17.9. The Morgan fingerprint density at radius 3 is 1.07 bits per heavy atom. The van der Waals surface area contributed by atoms with Gasteiger partial charge in [0.2, 0.25) is 5.91 Å². The molecule has 0 radical (unpaired) electrons. The zero-order valence-corrected chi connectivity index (χ0v) is 38.6. The Balaban J connectivity index is 3.47. The largest absolute Gasteiger partial charge is 0.466 e. The van der Waals surface area contributed by atoms with Gasteiger partial charge in [-0.3, -0.25) is 9.59 Å². The summed E-state index contributed by atoms with van der Waals surface area (Å²) in [5.41, 5.74) is 0. The highest BCUT2D eigenvalue weighted by Crippen LogP contribution is 2.17. The molecule has 0 aliphatic carbocycles. The molecule has 0 bridgehead atoms. The van der Waals surface area contributed by atoms with Crippen molar-refractivity contribution in [3.8, 4) is 0 Å². The monoisotopic (exact) mass is 808 g/mol. The van der Waals surface area contributed by atoms with Crippen LogP contribution in [0.25, 0.3) is 0 Å². The number of aliphatic hydroxyl groups excluding tert-OH is 2. The van der Waals surface area contributed by atoms with Gasteiger partial charge in [-0.15, -0.1) is 0 Å². The van der Waals surface area contributed by atoms with Gasteiger partial charge in [0.15, 0.2) is 0 Å². The van der Waals surface area contributed by atoms with Gasteiger partial charge in [-0.25, -0.2) is 0 Å². The van der Waals surface area contributed by atoms with Crippen LogP contribution in [0.2, 0.25) is 0 Å². The molecule has 0 aliphatic heterocycles. The van der Waals surface area contributed by atoms with Crippen molar-refractivity contribution in [3.05, 3.63) is 0 Å². The number of carbonyl (C=O) groups excluding carboxylic acids is 2. The molecule has 0 aromatic rings. The van der Waals surface area contributed by atoms with Gasteiger partial charge in [0.05, 0.1) is 25.4 Å². The summed E-state index contributed by atoms with van der Waals surface area (Å²) in [4.78, 5) is 24.5. The summed E-state index contributed by atoms with van der Waals surface area (Å²) in [6.45, 7) is 4.92. The lowest BCUT2D eigenvalue weighted by molar-refractivity contribution is -0.143. The minimum atomic E-state index is -0.677. The van der Waals surface area contributed by atoms with Crippen molar-refractivity contribution in [2.75, 3.05) is 13.2 Å². The smallest absolute Gasteiger partial charge is 0.305 e. The van der Waals surface area contributed by atoms with Gasteiger partial charge in [-0.1, -0.05) is 251 Å². The van der Waals surface area contributed by atoms with Gasteiger partial charge in [0.25, 0.3) is 0 Å². The molecule has 340 valence electrons. The fourth-order valence-electron chi connectivity index (χ4n) is 8.17. The molecule has 0 aliphatic rings. The molecule has 2 unspecified atom stereocenters. The number of unbranched alkanes of at least 4 members (excludes halogenated alkanes) is 37. The first-order valence-electron chi connectivity index (χ1n) is 25.8. The number of esters is 1. The van der Waals surface area contributed by atoms with E-state index in [1.807, 2.05) is 0 Å². The van der Waals surface area contributed by atoms with Crippen LogP contribution in [0.3, 0.4) is 0 Å². The van der Waals surface area contributed by atoms with Crippen molar-refractivity contribution in [2.24, 2.45) is 0 Å². The molecule has 0 aromatic carbocycles. The summed E-state index contributed by atoms with van der Waals surface area (Å²) in [6, 6.07) is -0.556. The predicted molar refractivity (Wildman–Crippen MR) is 246 cm³/mol. The van der Waals surface area contributed by atoms with Crippen molar-refractivity contribution in [1.82, 2.24) is 5.32 Å². The van der Waals surface area contributed by atoms with Crippen LogP contribution in [0.1, 0.15) is 290 Å². The molecule has 0 saturated carbocycles. The van der Waals surface area contributed by atoms with E-state index >= 15 is 0 Å². The molecule has 6 heteroatoms. The third kappa shape index (κ3) is 44.2. The lowest BCUT2D eigenvalue weighted by atomic mass is 10.0. The minimum absolute atomic E-state index is 0.0164. The average molecular weight is 808 g/mol. The van der Waals surface area contributed by atoms with Crippen molar-refractivity contribution >= 4 is 11.9 Å². The molecule has 57 heavy (non-hydrogen) atoms. The number of aliphatic hydroxyl groups is 2. The van der Waals surface area contributed by atoms with Crippen LogP contribution in [0.5, 0.6) is 0 Å². The van der Waals surface area contributed by atoms with E-state index in [2.05, 4.69) is 19.2 Å². The third-order valence-electron chi connectivity index (χ3n) is 12.2. The Bertz CT molecular complexity index is 806. The van der Waals surface area contributed by atoms with Crippen molar-refractivity contribution in [1.29, 1.82) is 0 Å². The molecule has 0 heterocycles. The van der Waals surface area contributed by atoms with E-state index in [-0.39, 0.29) is 18.5 Å². The van der Waals surface area contributed by atoms with Crippen LogP contribution in [0.4, 0.5) is 0 Å². The van der Waals surface area contributed by atoms with Crippen LogP contribution < -0.4 is 5.32 Å². The summed E-state index contributed by atoms with van der Waals surface area (Å²) in [7, 11) is 0. The molecular formula is C51H101NO5. The number of rotatable bonds is 48. The Morgan fingerprint density at radius 1 is 0.421 bits per heavy atom. The molecule has 0 fully saturated rings. The highest BCUT2D eigenvalue weighted by molar-refractivity contribution is 5.76. The van der Waals surface area contributed by atoms with Gasteiger partial charge in [-0.2, -0.15) is 0 Å². The van der Waals surface area contributed by atoms with Crippen LogP contribution in [0.15, 0.2) is 0 Å². The summed E-state index contributed by atoms with van der Waals surface area (Å²) < 4.78 is 5.45. The molecule has 0 spiro atoms. The third-order valence-corrected chi connectivity index (χ3v) is 12.2. The lowest BCUT2D eigenvalue weighted by Crippen LogP contribution is -2.45. The molecule has 2 atom stereocenters. The zero-order valence-electron chi connectivity index (χ0n) is 38.6. The molecular weight excluding hydrogens is 707 g/mol. The summed E-state index contributed by atoms with van der Waals surface area (Å²) in [5, 5.41) is 23.2. The number of carbonyl (C=O) groups is 2. The number of hydrogen-bond donors (Lipinski definition) is 3. The van der Waals surface area contributed by atoms with Gasteiger partial charge in [-0.05, 0) is 25.7 Å². The Labute approximate surface area is 356 Å². The van der Waals surface area contributed by atoms with E-state index in [9.17, 15) is 19.8 Å². The van der Waals surface area contributed by atoms with E-state index in [0.717, 1.165) is 57.8 Å². The maximum atomic E-state index is 12.4. The number of amides is 1. The molecule has 0 aromatic heterocycles. The Morgan fingerprint density at radius 2 is 0.719 bits per heavy atom. The average Bonchev–Trinajstić information content (AvgIpc) is 3.21. The van der Waals surface area contributed by atoms with E-state index in [1.165, 1.54) is 199 Å². The summed E-state index contributed by atoms with van der Waals surface area (Å²) in [6.07, 6.45) is 52.1. The van der Waals surface area contributed by atoms with Crippen LogP contribution in [-0.4, -0.2) is 47.4 Å². The summed E-state index contributed by atoms with van der Waals surface area (Å²) >= 11 is 0. The first kappa shape index (κ1) is 55.9. The number of hydrogen-bond acceptors (Lipinski definition) is 5. The second-order valence-corrected chi connectivity index (χ2v) is 17.9. The van der Waals surface area contributed by atoms with Gasteiger partial charge in [0.1, 0.15) is 0 Å². The van der Waals surface area contributed by atoms with E-state index in [1.54, 1.807) is 0 Å². The molecule has 6 nitrogen and oxygen atoms in total. The van der Waals surface area contributed by atoms with Crippen LogP contribution in [0, 0.1) is 0 Å². The Hall–Kier alpha value is -1.14. The second kappa shape index (κ2) is 47.5. The molecule has 0 saturated heterocycles. The van der Waals surface area contributed by atoms with E-state index in [0.29, 0.717) is 25.9 Å². The van der Waals surface area contributed by atoms with Crippen LogP contribution in [-0.2, 0) is 14.3 Å². The number of nitrogens with one attached hydrogen (secondary N) is 1. The number of ether oxygens (including phenoxy) is 1. The normalized spacial score (nSPS) is 12.6. The lowest BCUT2D eigenvalue weighted by Gasteiger charge is -2.22. The van der Waals surface area contributed by atoms with Gasteiger partial charge < -0.3 is 20.3 Å². The highest BCUT2D eigenvalue weighted by atomic mass is 16.5. The standard InChI is InChI=1S/C51H101NO5/c1-3-5-7-9-11-13-15-17-18-19-20-22-23-27-31-35-39-43-49(54)48(47-53)52-50(55)44-40-36-32-28-25-26-30-34-38-42-46-57-51(56)45-41-37-33-29-24-21-16-14-12-10-8-6-4-2/h48-49,53-54H,3-47H2,1-2H3,(H,52,55). The van der Waals surface area contributed by atoms with E-state index in [4.69, 9.17) is 4.74 Å². The maximum absolute atomic E-state index is 12.4. The van der Waals surface area contributed by atoms with Crippen molar-refractivity contribution < 1.29 is 24.5 Å². The summed E-state index contributed by atoms with van der Waals surface area (Å²) in [5.74, 6) is -0.0713. The zero-order chi connectivity index (χ0) is 41.5. The first-order chi connectivity index (χ1) is 28.0. The van der Waals surface area contributed by atoms with Gasteiger partial charge in [0, 0.05) is 12.8 Å². The maximum Gasteiger partial charge on any atom is 0.305 e. The first-order valence-corrected chi connectivity index (χ1v) is 25.8. The van der Waals surface area contributed by atoms with Gasteiger partial charge >= 0.3 is 5.97 Å². The predicted octanol–water partition coefficient (Wildman–Crippen LogP) is 15.2. The van der Waals surface area contributed by atoms with Crippen molar-refractivity contribution in [2.45, 2.75) is 302 Å². The SMILES string of the molecule is CCCCCCCCCCCCCCCCCCCC(O)C(CO)NC(=O)CCCCCCCCCCCCOC(=O)CCCCCCCCCCCCCCC. The Kier molecular flexibility index (Phi) is 46.6. The quantitative estimate of drug-likeness (QED) is 0.0420. The van der Waals surface area contributed by atoms with Crippen molar-refractivity contribution in [3.63, 3.8) is 0 Å². The topological polar surface area (TPSA) is 95.9 Å².